The minimum Gasteiger partial charge on any atom is -0.487 e. The Kier molecular flexibility index (Phi) is 8.30. The number of aliphatic imine (C=N–C) groups is 2. The molecule has 0 saturated carbocycles. The molecule has 9 heteroatoms. The lowest BCUT2D eigenvalue weighted by molar-refractivity contribution is 0.306. The molecule has 178 valence electrons. The van der Waals surface area contributed by atoms with Crippen molar-refractivity contribution in [3.05, 3.63) is 82.4 Å². The number of benzene rings is 2. The standard InChI is InChI=1S/C25H28ClFN6O/c1-2-28-10-11-29-15-19-6-4-12-33-24(19)25(30-17-31-33)32-21-8-9-23(22(26)14-21)34-16-18-5-3-7-20(27)13-18/h3-5,7-9,12-14,17,28-29H,2,6,10-11,15-16H2,1H3,(H,30,31,32). The van der Waals surface area contributed by atoms with Crippen molar-refractivity contribution < 1.29 is 9.13 Å². The molecule has 0 radical (unpaired) electrons. The fourth-order valence-corrected chi connectivity index (χ4v) is 3.88. The third-order valence-electron chi connectivity index (χ3n) is 5.29. The Hall–Kier alpha value is -3.20. The first-order valence-corrected chi connectivity index (χ1v) is 11.7. The van der Waals surface area contributed by atoms with Gasteiger partial charge in [-0.1, -0.05) is 36.7 Å². The molecule has 7 nitrogen and oxygen atoms in total. The fraction of sp³-hybridized carbons (Fsp3) is 0.280. The summed E-state index contributed by atoms with van der Waals surface area (Å²) in [5, 5.41) is 9.14. The van der Waals surface area contributed by atoms with Gasteiger partial charge in [-0.2, -0.15) is 0 Å². The lowest BCUT2D eigenvalue weighted by Gasteiger charge is -2.31. The largest absolute Gasteiger partial charge is 0.487 e. The quantitative estimate of drug-likeness (QED) is 0.440. The highest BCUT2D eigenvalue weighted by Gasteiger charge is 2.23. The van der Waals surface area contributed by atoms with E-state index in [9.17, 15) is 4.39 Å². The Morgan fingerprint density at radius 2 is 2.09 bits per heavy atom. The summed E-state index contributed by atoms with van der Waals surface area (Å²) in [6.07, 6.45) is 6.53. The molecule has 0 amide bonds. The monoisotopic (exact) mass is 482 g/mol. The van der Waals surface area contributed by atoms with Gasteiger partial charge in [-0.15, -0.1) is 0 Å². The molecule has 2 aliphatic heterocycles. The summed E-state index contributed by atoms with van der Waals surface area (Å²) in [6.45, 7) is 5.81. The van der Waals surface area contributed by atoms with E-state index >= 15 is 0 Å². The van der Waals surface area contributed by atoms with Crippen LogP contribution in [0.25, 0.3) is 0 Å². The highest BCUT2D eigenvalue weighted by Crippen LogP contribution is 2.31. The van der Waals surface area contributed by atoms with Gasteiger partial charge in [-0.05, 0) is 54.4 Å². The van der Waals surface area contributed by atoms with Gasteiger partial charge in [-0.25, -0.2) is 14.4 Å². The maximum Gasteiger partial charge on any atom is 0.180 e. The van der Waals surface area contributed by atoms with Gasteiger partial charge in [0.25, 0.3) is 0 Å². The number of rotatable bonds is 10. The van der Waals surface area contributed by atoms with E-state index in [2.05, 4.69) is 34.1 Å². The summed E-state index contributed by atoms with van der Waals surface area (Å²) in [7, 11) is 0. The predicted octanol–water partition coefficient (Wildman–Crippen LogP) is 4.31. The summed E-state index contributed by atoms with van der Waals surface area (Å²) >= 11 is 6.45. The van der Waals surface area contributed by atoms with Crippen LogP contribution in [0.5, 0.6) is 5.75 Å². The van der Waals surface area contributed by atoms with E-state index in [1.54, 1.807) is 30.6 Å². The maximum absolute atomic E-state index is 13.4. The summed E-state index contributed by atoms with van der Waals surface area (Å²) in [4.78, 5) is 9.24. The average Bonchev–Trinajstić information content (AvgIpc) is 2.84. The third kappa shape index (κ3) is 6.22. The smallest absolute Gasteiger partial charge is 0.180 e. The zero-order valence-corrected chi connectivity index (χ0v) is 19.8. The van der Waals surface area contributed by atoms with E-state index in [0.717, 1.165) is 43.9 Å². The molecule has 0 saturated heterocycles. The van der Waals surface area contributed by atoms with Gasteiger partial charge in [0, 0.05) is 25.8 Å². The summed E-state index contributed by atoms with van der Waals surface area (Å²) in [6, 6.07) is 11.6. The number of likely N-dealkylation sites (N-methyl/N-ethyl adjacent to an activating group) is 1. The van der Waals surface area contributed by atoms with Gasteiger partial charge in [0.15, 0.2) is 5.84 Å². The first-order chi connectivity index (χ1) is 16.6. The van der Waals surface area contributed by atoms with Crippen molar-refractivity contribution in [1.82, 2.24) is 21.1 Å². The Morgan fingerprint density at radius 3 is 2.91 bits per heavy atom. The van der Waals surface area contributed by atoms with Gasteiger partial charge in [-0.3, -0.25) is 10.4 Å². The van der Waals surface area contributed by atoms with Crippen molar-refractivity contribution in [3.8, 4) is 5.75 Å². The highest BCUT2D eigenvalue weighted by molar-refractivity contribution is 6.32. The number of halogens is 2. The van der Waals surface area contributed by atoms with Crippen molar-refractivity contribution in [2.24, 2.45) is 9.98 Å². The SMILES string of the molecule is CCNCCNCC1=C2C(=Nc3ccc(OCc4cccc(F)c4)c(Cl)c3)N=CNN2C=CC1. The molecule has 4 rings (SSSR count). The lowest BCUT2D eigenvalue weighted by Crippen LogP contribution is -2.41. The minimum absolute atomic E-state index is 0.222. The molecule has 34 heavy (non-hydrogen) atoms. The highest BCUT2D eigenvalue weighted by atomic mass is 35.5. The van der Waals surface area contributed by atoms with Crippen LogP contribution in [0.4, 0.5) is 10.1 Å². The molecule has 0 atom stereocenters. The Balaban J connectivity index is 1.49. The Morgan fingerprint density at radius 1 is 1.21 bits per heavy atom. The number of fused-ring (bicyclic) bond motifs is 1. The van der Waals surface area contributed by atoms with Crippen molar-refractivity contribution >= 4 is 29.5 Å². The summed E-state index contributed by atoms with van der Waals surface area (Å²) in [5.74, 6) is 0.820. The van der Waals surface area contributed by atoms with Crippen LogP contribution in [0, 0.1) is 5.82 Å². The number of hydrogen-bond acceptors (Lipinski definition) is 6. The van der Waals surface area contributed by atoms with Gasteiger partial charge >= 0.3 is 0 Å². The predicted molar refractivity (Wildman–Crippen MR) is 135 cm³/mol. The van der Waals surface area contributed by atoms with E-state index < -0.39 is 0 Å². The minimum atomic E-state index is -0.297. The van der Waals surface area contributed by atoms with Crippen LogP contribution < -0.4 is 20.8 Å². The van der Waals surface area contributed by atoms with E-state index in [0.29, 0.717) is 22.3 Å². The van der Waals surface area contributed by atoms with Gasteiger partial charge in [0.1, 0.15) is 30.2 Å². The molecule has 0 spiro atoms. The molecule has 0 aromatic heterocycles. The number of hydrogen-bond donors (Lipinski definition) is 3. The van der Waals surface area contributed by atoms with Crippen LogP contribution in [0.3, 0.4) is 0 Å². The molecule has 0 bridgehead atoms. The van der Waals surface area contributed by atoms with Crippen molar-refractivity contribution in [3.63, 3.8) is 0 Å². The lowest BCUT2D eigenvalue weighted by atomic mass is 10.1. The first-order valence-electron chi connectivity index (χ1n) is 11.3. The molecule has 2 aromatic carbocycles. The van der Waals surface area contributed by atoms with Gasteiger partial charge in [0.2, 0.25) is 0 Å². The second-order valence-corrected chi connectivity index (χ2v) is 8.20. The number of nitrogens with zero attached hydrogens (tertiary/aromatic N) is 3. The Bertz CT molecular complexity index is 1130. The zero-order valence-electron chi connectivity index (χ0n) is 19.0. The second-order valence-electron chi connectivity index (χ2n) is 7.80. The van der Waals surface area contributed by atoms with E-state index in [1.807, 2.05) is 17.3 Å². The molecule has 2 aromatic rings. The van der Waals surface area contributed by atoms with Gasteiger partial charge in [0.05, 0.1) is 10.7 Å². The van der Waals surface area contributed by atoms with E-state index in [1.165, 1.54) is 17.7 Å². The molecule has 2 aliphatic rings. The Labute approximate surface area is 204 Å². The molecule has 0 fully saturated rings. The molecule has 0 aliphatic carbocycles. The van der Waals surface area contributed by atoms with E-state index in [4.69, 9.17) is 21.3 Å². The number of nitrogens with one attached hydrogen (secondary N) is 3. The molecule has 0 unspecified atom stereocenters. The number of hydrazine groups is 1. The topological polar surface area (TPSA) is 73.3 Å². The second kappa shape index (κ2) is 11.8. The van der Waals surface area contributed by atoms with Crippen LogP contribution >= 0.6 is 11.6 Å². The fourth-order valence-electron chi connectivity index (χ4n) is 3.65. The maximum atomic E-state index is 13.4. The van der Waals surface area contributed by atoms with Crippen molar-refractivity contribution in [1.29, 1.82) is 0 Å². The van der Waals surface area contributed by atoms with Crippen LogP contribution in [-0.4, -0.2) is 43.4 Å². The molecule has 2 heterocycles. The third-order valence-corrected chi connectivity index (χ3v) is 5.59. The van der Waals surface area contributed by atoms with Crippen LogP contribution in [0.15, 0.2) is 76.0 Å². The zero-order chi connectivity index (χ0) is 23.8. The van der Waals surface area contributed by atoms with Crippen molar-refractivity contribution in [2.75, 3.05) is 26.2 Å². The summed E-state index contributed by atoms with van der Waals surface area (Å²) < 4.78 is 19.2. The van der Waals surface area contributed by atoms with Crippen LogP contribution in [0.1, 0.15) is 18.9 Å². The average molecular weight is 483 g/mol. The molecule has 3 N–H and O–H groups in total. The van der Waals surface area contributed by atoms with Crippen LogP contribution in [-0.2, 0) is 6.61 Å². The van der Waals surface area contributed by atoms with Gasteiger partial charge < -0.3 is 15.4 Å². The van der Waals surface area contributed by atoms with Crippen molar-refractivity contribution in [2.45, 2.75) is 20.0 Å². The normalized spacial score (nSPS) is 16.1. The number of allylic oxidation sites excluding steroid dienone is 1. The number of ether oxygens (including phenoxy) is 1. The number of amidine groups is 1. The first kappa shape index (κ1) is 23.9. The van der Waals surface area contributed by atoms with E-state index in [-0.39, 0.29) is 12.4 Å². The molecular weight excluding hydrogens is 455 g/mol. The summed E-state index contributed by atoms with van der Waals surface area (Å²) in [5.41, 5.74) is 6.66. The molecular formula is C25H28ClFN6O. The van der Waals surface area contributed by atoms with Crippen LogP contribution in [0.2, 0.25) is 5.02 Å².